The molecular formula is C15H14F2N2O3. The fraction of sp³-hybridized carbons (Fsp3) is 0.200. The number of pyridine rings is 1. The van der Waals surface area contributed by atoms with Crippen LogP contribution in [0.4, 0.5) is 14.5 Å². The number of methoxy groups -OCH3 is 1. The number of nitrogens with one attached hydrogen (secondary N) is 1. The van der Waals surface area contributed by atoms with Crippen LogP contribution in [0, 0.1) is 11.6 Å². The van der Waals surface area contributed by atoms with Gasteiger partial charge in [0.2, 0.25) is 0 Å². The predicted octanol–water partition coefficient (Wildman–Crippen LogP) is 2.97. The van der Waals surface area contributed by atoms with Crippen molar-refractivity contribution in [2.24, 2.45) is 0 Å². The lowest BCUT2D eigenvalue weighted by Gasteiger charge is -2.14. The number of halogens is 2. The molecule has 2 aromatic rings. The third-order valence-corrected chi connectivity index (χ3v) is 2.89. The molecule has 0 aliphatic carbocycles. The second kappa shape index (κ2) is 6.84. The molecule has 1 N–H and O–H groups in total. The summed E-state index contributed by atoms with van der Waals surface area (Å²) in [6.07, 6.45) is 2.99. The quantitative estimate of drug-likeness (QED) is 0.680. The topological polar surface area (TPSA) is 60.4 Å². The fourth-order valence-electron chi connectivity index (χ4n) is 1.89. The van der Waals surface area contributed by atoms with Gasteiger partial charge in [0, 0.05) is 30.3 Å². The van der Waals surface area contributed by atoms with Crippen LogP contribution in [-0.2, 0) is 9.53 Å². The van der Waals surface area contributed by atoms with Gasteiger partial charge in [-0.25, -0.2) is 8.78 Å². The van der Waals surface area contributed by atoms with Crippen LogP contribution in [0.1, 0.15) is 6.92 Å². The lowest BCUT2D eigenvalue weighted by molar-refractivity contribution is -0.140. The average Bonchev–Trinajstić information content (AvgIpc) is 2.50. The van der Waals surface area contributed by atoms with Gasteiger partial charge in [0.1, 0.15) is 5.75 Å². The van der Waals surface area contributed by atoms with Crippen molar-refractivity contribution in [1.29, 1.82) is 0 Å². The number of nitrogens with zero attached hydrogens (tertiary/aromatic N) is 1. The smallest absolute Gasteiger partial charge is 0.304 e. The fourth-order valence-corrected chi connectivity index (χ4v) is 1.89. The van der Waals surface area contributed by atoms with Crippen molar-refractivity contribution >= 4 is 11.7 Å². The number of hydrogen-bond donors (Lipinski definition) is 1. The molecule has 1 aromatic carbocycles. The lowest BCUT2D eigenvalue weighted by atomic mass is 10.0. The number of esters is 1. The number of carbonyl (C=O) groups excluding carboxylic acids is 1. The molecule has 0 spiro atoms. The third kappa shape index (κ3) is 3.49. The van der Waals surface area contributed by atoms with Crippen molar-refractivity contribution in [2.75, 3.05) is 19.2 Å². The maximum Gasteiger partial charge on any atom is 0.304 e. The molecule has 7 heteroatoms. The van der Waals surface area contributed by atoms with Gasteiger partial charge in [0.25, 0.3) is 0 Å². The summed E-state index contributed by atoms with van der Waals surface area (Å²) in [7, 11) is 1.36. The van der Waals surface area contributed by atoms with E-state index in [-0.39, 0.29) is 12.5 Å². The molecule has 1 aromatic heterocycles. The van der Waals surface area contributed by atoms with E-state index in [1.54, 1.807) is 6.07 Å². The lowest BCUT2D eigenvalue weighted by Crippen LogP contribution is -2.10. The largest absolute Gasteiger partial charge is 0.496 e. The van der Waals surface area contributed by atoms with Crippen molar-refractivity contribution in [2.45, 2.75) is 6.92 Å². The Morgan fingerprint density at radius 3 is 2.68 bits per heavy atom. The van der Waals surface area contributed by atoms with Crippen molar-refractivity contribution in [1.82, 2.24) is 4.98 Å². The Morgan fingerprint density at radius 1 is 1.27 bits per heavy atom. The number of benzene rings is 1. The second-order valence-electron chi connectivity index (χ2n) is 4.34. The van der Waals surface area contributed by atoms with Crippen molar-refractivity contribution in [3.05, 3.63) is 42.2 Å². The van der Waals surface area contributed by atoms with Gasteiger partial charge in [-0.05, 0) is 12.1 Å². The summed E-state index contributed by atoms with van der Waals surface area (Å²) >= 11 is 0. The van der Waals surface area contributed by atoms with Crippen LogP contribution in [0.3, 0.4) is 0 Å². The third-order valence-electron chi connectivity index (χ3n) is 2.89. The average molecular weight is 308 g/mol. The molecule has 1 heterocycles. The van der Waals surface area contributed by atoms with E-state index in [2.05, 4.69) is 10.3 Å². The SMILES string of the molecule is COc1cc(F)c(F)cc1-c1ccncc1NCOC(C)=O. The Kier molecular flexibility index (Phi) is 4.88. The zero-order chi connectivity index (χ0) is 16.1. The summed E-state index contributed by atoms with van der Waals surface area (Å²) in [4.78, 5) is 14.7. The molecule has 2 rings (SSSR count). The maximum atomic E-state index is 13.5. The van der Waals surface area contributed by atoms with Crippen molar-refractivity contribution in [3.63, 3.8) is 0 Å². The van der Waals surface area contributed by atoms with Crippen LogP contribution < -0.4 is 10.1 Å². The molecule has 0 unspecified atom stereocenters. The molecule has 0 saturated heterocycles. The Hall–Kier alpha value is -2.70. The molecule has 0 atom stereocenters. The van der Waals surface area contributed by atoms with Gasteiger partial charge in [-0.15, -0.1) is 0 Å². The molecule has 22 heavy (non-hydrogen) atoms. The van der Waals surface area contributed by atoms with E-state index in [0.29, 0.717) is 16.8 Å². The van der Waals surface area contributed by atoms with E-state index in [9.17, 15) is 13.6 Å². The number of carbonyl (C=O) groups is 1. The van der Waals surface area contributed by atoms with Gasteiger partial charge in [-0.3, -0.25) is 9.78 Å². The van der Waals surface area contributed by atoms with Gasteiger partial charge in [-0.1, -0.05) is 0 Å². The highest BCUT2D eigenvalue weighted by Gasteiger charge is 2.15. The highest BCUT2D eigenvalue weighted by Crippen LogP contribution is 2.35. The number of rotatable bonds is 5. The Labute approximate surface area is 125 Å². The number of ether oxygens (including phenoxy) is 2. The first-order valence-electron chi connectivity index (χ1n) is 6.37. The van der Waals surface area contributed by atoms with Crippen LogP contribution >= 0.6 is 0 Å². The molecule has 0 fully saturated rings. The molecular weight excluding hydrogens is 294 g/mol. The highest BCUT2D eigenvalue weighted by atomic mass is 19.2. The molecule has 0 aliphatic rings. The summed E-state index contributed by atoms with van der Waals surface area (Å²) in [5.41, 5.74) is 1.39. The predicted molar refractivity (Wildman–Crippen MR) is 76.4 cm³/mol. The maximum absolute atomic E-state index is 13.5. The van der Waals surface area contributed by atoms with E-state index < -0.39 is 17.6 Å². The number of anilines is 1. The summed E-state index contributed by atoms with van der Waals surface area (Å²) in [6.45, 7) is 1.21. The Balaban J connectivity index is 2.40. The molecule has 0 aliphatic heterocycles. The first-order valence-corrected chi connectivity index (χ1v) is 6.37. The van der Waals surface area contributed by atoms with Gasteiger partial charge in [0.15, 0.2) is 18.4 Å². The van der Waals surface area contributed by atoms with Crippen LogP contribution in [0.2, 0.25) is 0 Å². The van der Waals surface area contributed by atoms with E-state index in [0.717, 1.165) is 12.1 Å². The number of hydrogen-bond acceptors (Lipinski definition) is 5. The van der Waals surface area contributed by atoms with E-state index >= 15 is 0 Å². The van der Waals surface area contributed by atoms with Crippen molar-refractivity contribution < 1.29 is 23.0 Å². The van der Waals surface area contributed by atoms with Gasteiger partial charge >= 0.3 is 5.97 Å². The normalized spacial score (nSPS) is 10.2. The molecule has 116 valence electrons. The summed E-state index contributed by atoms with van der Waals surface area (Å²) in [6, 6.07) is 3.63. The first-order chi connectivity index (χ1) is 10.5. The Morgan fingerprint density at radius 2 is 2.00 bits per heavy atom. The molecule has 0 radical (unpaired) electrons. The minimum atomic E-state index is -0.996. The molecule has 5 nitrogen and oxygen atoms in total. The minimum absolute atomic E-state index is 0.0694. The van der Waals surface area contributed by atoms with Crippen LogP contribution in [-0.4, -0.2) is 24.8 Å². The van der Waals surface area contributed by atoms with Gasteiger partial charge < -0.3 is 14.8 Å². The first kappa shape index (κ1) is 15.7. The highest BCUT2D eigenvalue weighted by molar-refractivity contribution is 5.81. The van der Waals surface area contributed by atoms with Crippen molar-refractivity contribution in [3.8, 4) is 16.9 Å². The molecule has 0 saturated carbocycles. The van der Waals surface area contributed by atoms with E-state index in [1.165, 1.54) is 26.4 Å². The van der Waals surface area contributed by atoms with Crippen LogP contribution in [0.5, 0.6) is 5.75 Å². The molecule has 0 bridgehead atoms. The summed E-state index contributed by atoms with van der Waals surface area (Å²) < 4.78 is 36.7. The number of aromatic nitrogens is 1. The summed E-state index contributed by atoms with van der Waals surface area (Å²) in [5, 5.41) is 2.85. The summed E-state index contributed by atoms with van der Waals surface area (Å²) in [5.74, 6) is -2.24. The Bertz CT molecular complexity index is 692. The van der Waals surface area contributed by atoms with Crippen LogP contribution in [0.25, 0.3) is 11.1 Å². The minimum Gasteiger partial charge on any atom is -0.496 e. The van der Waals surface area contributed by atoms with E-state index in [1.807, 2.05) is 0 Å². The second-order valence-corrected chi connectivity index (χ2v) is 4.34. The monoisotopic (exact) mass is 308 g/mol. The zero-order valence-corrected chi connectivity index (χ0v) is 12.0. The molecule has 0 amide bonds. The van der Waals surface area contributed by atoms with Crippen LogP contribution in [0.15, 0.2) is 30.6 Å². The zero-order valence-electron chi connectivity index (χ0n) is 12.0. The van der Waals surface area contributed by atoms with Gasteiger partial charge in [-0.2, -0.15) is 0 Å². The van der Waals surface area contributed by atoms with Gasteiger partial charge in [0.05, 0.1) is 19.0 Å². The standard InChI is InChI=1S/C15H14F2N2O3/c1-9(20)22-8-19-14-7-18-4-3-10(14)11-5-12(16)13(17)6-15(11)21-2/h3-7,19H,8H2,1-2H3. The van der Waals surface area contributed by atoms with E-state index in [4.69, 9.17) is 9.47 Å².